The molecule has 152 valence electrons. The lowest BCUT2D eigenvalue weighted by molar-refractivity contribution is -0.143. The number of oxime groups is 1. The normalized spacial score (nSPS) is 12.9. The Bertz CT molecular complexity index is 795. The summed E-state index contributed by atoms with van der Waals surface area (Å²) in [6.45, 7) is -0.812. The number of alkyl halides is 6. The van der Waals surface area contributed by atoms with Gasteiger partial charge >= 0.3 is 12.4 Å². The van der Waals surface area contributed by atoms with Gasteiger partial charge in [0, 0.05) is 5.56 Å². The van der Waals surface area contributed by atoms with E-state index in [1.54, 1.807) is 0 Å². The molecule has 0 radical (unpaired) electrons. The molecule has 0 N–H and O–H groups in total. The molecule has 10 heteroatoms. The predicted molar refractivity (Wildman–Crippen MR) is 86.0 cm³/mol. The second-order valence-corrected chi connectivity index (χ2v) is 5.63. The first-order valence-electron chi connectivity index (χ1n) is 7.73. The molecule has 0 heterocycles. The van der Waals surface area contributed by atoms with Crippen LogP contribution in [0.3, 0.4) is 0 Å². The third kappa shape index (κ3) is 5.95. The second kappa shape index (κ2) is 8.59. The molecule has 2 rings (SSSR count). The highest BCUT2D eigenvalue weighted by Crippen LogP contribution is 2.36. The van der Waals surface area contributed by atoms with E-state index >= 15 is 0 Å². The van der Waals surface area contributed by atoms with Crippen molar-refractivity contribution in [1.82, 2.24) is 0 Å². The van der Waals surface area contributed by atoms with Crippen molar-refractivity contribution in [2.24, 2.45) is 5.16 Å². The Labute approximate surface area is 155 Å². The molecule has 28 heavy (non-hydrogen) atoms. The zero-order valence-corrected chi connectivity index (χ0v) is 14.4. The van der Waals surface area contributed by atoms with Crippen LogP contribution < -0.4 is 0 Å². The lowest BCUT2D eigenvalue weighted by Gasteiger charge is -2.14. The number of hydrogen-bond donors (Lipinski definition) is 0. The highest BCUT2D eigenvalue weighted by molar-refractivity contribution is 6.01. The molecule has 0 aliphatic carbocycles. The summed E-state index contributed by atoms with van der Waals surface area (Å²) in [6, 6.07) is 6.28. The number of rotatable bonds is 6. The summed E-state index contributed by atoms with van der Waals surface area (Å²) in [6.07, 6.45) is -9.88. The van der Waals surface area contributed by atoms with E-state index in [1.165, 1.54) is 19.2 Å². The monoisotopic (exact) mass is 409 g/mol. The van der Waals surface area contributed by atoms with Crippen LogP contribution in [0.25, 0.3) is 0 Å². The lowest BCUT2D eigenvalue weighted by atomic mass is 10.1. The Morgan fingerprint density at radius 1 is 0.893 bits per heavy atom. The van der Waals surface area contributed by atoms with E-state index in [2.05, 4.69) is 9.99 Å². The van der Waals surface area contributed by atoms with Crippen LogP contribution in [0.4, 0.5) is 30.7 Å². The third-order valence-electron chi connectivity index (χ3n) is 3.53. The van der Waals surface area contributed by atoms with Gasteiger partial charge in [-0.15, -0.1) is 0 Å². The third-order valence-corrected chi connectivity index (χ3v) is 3.53. The van der Waals surface area contributed by atoms with Crippen molar-refractivity contribution in [3.63, 3.8) is 0 Å². The average Bonchev–Trinajstić information content (AvgIpc) is 2.60. The van der Waals surface area contributed by atoms with Crippen molar-refractivity contribution in [3.8, 4) is 0 Å². The highest BCUT2D eigenvalue weighted by Gasteiger charge is 2.36. The van der Waals surface area contributed by atoms with Crippen LogP contribution in [0.15, 0.2) is 47.6 Å². The number of halogens is 7. The number of nitrogens with zero attached hydrogens (tertiary/aromatic N) is 1. The summed E-state index contributed by atoms with van der Waals surface area (Å²) in [5.41, 5.74) is -2.55. The van der Waals surface area contributed by atoms with Crippen molar-refractivity contribution in [3.05, 3.63) is 70.5 Å². The minimum absolute atomic E-state index is 0.0415. The maximum Gasteiger partial charge on any atom is 0.416 e. The fourth-order valence-electron chi connectivity index (χ4n) is 2.28. The van der Waals surface area contributed by atoms with Gasteiger partial charge in [0.25, 0.3) is 0 Å². The number of hydrogen-bond acceptors (Lipinski definition) is 3. The Balaban J connectivity index is 2.18. The van der Waals surface area contributed by atoms with Crippen molar-refractivity contribution in [2.45, 2.75) is 19.0 Å². The van der Waals surface area contributed by atoms with Crippen molar-refractivity contribution in [1.29, 1.82) is 0 Å². The predicted octanol–water partition coefficient (Wildman–Crippen LogP) is 5.43. The van der Waals surface area contributed by atoms with Gasteiger partial charge in [0.2, 0.25) is 0 Å². The van der Waals surface area contributed by atoms with Crippen LogP contribution in [0.1, 0.15) is 22.3 Å². The Morgan fingerprint density at radius 2 is 1.43 bits per heavy atom. The molecule has 0 aromatic heterocycles. The van der Waals surface area contributed by atoms with E-state index in [4.69, 9.17) is 4.74 Å². The fraction of sp³-hybridized carbons (Fsp3) is 0.278. The van der Waals surface area contributed by atoms with Crippen LogP contribution in [-0.4, -0.2) is 19.4 Å². The van der Waals surface area contributed by atoms with Crippen molar-refractivity contribution in [2.75, 3.05) is 13.7 Å². The quantitative estimate of drug-likeness (QED) is 0.362. The number of ether oxygens (including phenoxy) is 1. The smallest absolute Gasteiger partial charge is 0.399 e. The first kappa shape index (κ1) is 21.7. The summed E-state index contributed by atoms with van der Waals surface area (Å²) in [5.74, 6) is -0.495. The zero-order chi connectivity index (χ0) is 20.9. The minimum atomic E-state index is -4.94. The molecular weight excluding hydrogens is 395 g/mol. The van der Waals surface area contributed by atoms with Gasteiger partial charge in [0.1, 0.15) is 18.6 Å². The molecule has 0 saturated heterocycles. The molecule has 0 bridgehead atoms. The van der Waals surface area contributed by atoms with Gasteiger partial charge in [-0.1, -0.05) is 17.3 Å². The minimum Gasteiger partial charge on any atom is -0.399 e. The van der Waals surface area contributed by atoms with Gasteiger partial charge in [-0.05, 0) is 35.9 Å². The molecular formula is C18H14F7NO2. The second-order valence-electron chi connectivity index (χ2n) is 5.63. The van der Waals surface area contributed by atoms with Crippen LogP contribution >= 0.6 is 0 Å². The van der Waals surface area contributed by atoms with Gasteiger partial charge in [0.05, 0.1) is 24.3 Å². The maximum absolute atomic E-state index is 13.0. The topological polar surface area (TPSA) is 30.8 Å². The standard InChI is InChI=1S/C18H14F7NO2/c1-27-26-16(12-2-4-15(19)5-3-12)10-28-9-11-6-13(17(20,21)22)8-14(7-11)18(23,24)25/h2-8H,9-10H2,1H3/b26-16-. The molecule has 0 aliphatic heterocycles. The Morgan fingerprint density at radius 3 is 1.89 bits per heavy atom. The van der Waals surface area contributed by atoms with Crippen molar-refractivity contribution >= 4 is 5.71 Å². The molecule has 0 aliphatic rings. The molecule has 0 fully saturated rings. The van der Waals surface area contributed by atoms with Gasteiger partial charge in [-0.25, -0.2) is 4.39 Å². The van der Waals surface area contributed by atoms with Crippen LogP contribution in [0.5, 0.6) is 0 Å². The lowest BCUT2D eigenvalue weighted by Crippen LogP contribution is -2.14. The van der Waals surface area contributed by atoms with Crippen LogP contribution in [0.2, 0.25) is 0 Å². The first-order valence-corrected chi connectivity index (χ1v) is 7.73. The molecule has 0 spiro atoms. The van der Waals surface area contributed by atoms with Crippen LogP contribution in [0, 0.1) is 5.82 Å². The van der Waals surface area contributed by atoms with Gasteiger partial charge in [-0.3, -0.25) is 0 Å². The molecule has 3 nitrogen and oxygen atoms in total. The SMILES string of the molecule is CO/N=C(/COCc1cc(C(F)(F)F)cc(C(F)(F)F)c1)c1ccc(F)cc1. The number of benzene rings is 2. The summed E-state index contributed by atoms with van der Waals surface area (Å²) >= 11 is 0. The Kier molecular flexibility index (Phi) is 6.65. The van der Waals surface area contributed by atoms with E-state index < -0.39 is 35.9 Å². The fourth-order valence-corrected chi connectivity index (χ4v) is 2.28. The average molecular weight is 409 g/mol. The molecule has 0 saturated carbocycles. The van der Waals surface area contributed by atoms with E-state index in [-0.39, 0.29) is 23.9 Å². The summed E-state index contributed by atoms with van der Waals surface area (Å²) in [5, 5.41) is 3.68. The molecule has 2 aromatic rings. The Hall–Kier alpha value is -2.62. The summed E-state index contributed by atoms with van der Waals surface area (Å²) in [7, 11) is 1.24. The van der Waals surface area contributed by atoms with E-state index in [9.17, 15) is 30.7 Å². The summed E-state index contributed by atoms with van der Waals surface area (Å²) < 4.78 is 95.4. The molecule has 0 amide bonds. The maximum atomic E-state index is 13.0. The first-order chi connectivity index (χ1) is 13.0. The van der Waals surface area contributed by atoms with Crippen LogP contribution in [-0.2, 0) is 28.5 Å². The van der Waals surface area contributed by atoms with Gasteiger partial charge in [0.15, 0.2) is 0 Å². The summed E-state index contributed by atoms with van der Waals surface area (Å²) in [4.78, 5) is 4.64. The molecule has 2 aromatic carbocycles. The van der Waals surface area contributed by atoms with Gasteiger partial charge < -0.3 is 9.57 Å². The van der Waals surface area contributed by atoms with Gasteiger partial charge in [-0.2, -0.15) is 26.3 Å². The largest absolute Gasteiger partial charge is 0.416 e. The van der Waals surface area contributed by atoms with E-state index in [0.29, 0.717) is 17.7 Å². The van der Waals surface area contributed by atoms with E-state index in [1.807, 2.05) is 0 Å². The highest BCUT2D eigenvalue weighted by atomic mass is 19.4. The van der Waals surface area contributed by atoms with Crippen molar-refractivity contribution < 1.29 is 40.3 Å². The molecule has 0 atom stereocenters. The van der Waals surface area contributed by atoms with E-state index in [0.717, 1.165) is 12.1 Å². The zero-order valence-electron chi connectivity index (χ0n) is 14.4. The molecule has 0 unspecified atom stereocenters.